The second-order valence-electron chi connectivity index (χ2n) is 5.42. The summed E-state index contributed by atoms with van der Waals surface area (Å²) in [7, 11) is 3.09. The monoisotopic (exact) mass is 368 g/mol. The lowest BCUT2D eigenvalue weighted by molar-refractivity contribution is -0.142. The Bertz CT molecular complexity index is 844. The summed E-state index contributed by atoms with van der Waals surface area (Å²) >= 11 is 0. The maximum absolute atomic E-state index is 11.9. The highest BCUT2D eigenvalue weighted by molar-refractivity contribution is 5.98. The van der Waals surface area contributed by atoms with E-state index in [1.807, 2.05) is 0 Å². The van der Waals surface area contributed by atoms with Gasteiger partial charge < -0.3 is 20.1 Å². The molecule has 0 aliphatic heterocycles. The number of hydrogen-bond donors (Lipinski definition) is 2. The molecule has 0 fully saturated rings. The van der Waals surface area contributed by atoms with Crippen molar-refractivity contribution in [3.8, 4) is 5.75 Å². The zero-order valence-electron chi connectivity index (χ0n) is 15.0. The van der Waals surface area contributed by atoms with E-state index in [1.54, 1.807) is 55.7 Å². The molecule has 2 aromatic carbocycles. The first-order valence-electron chi connectivity index (χ1n) is 8.12. The van der Waals surface area contributed by atoms with Gasteiger partial charge in [-0.3, -0.25) is 9.59 Å². The number of nitrogens with one attached hydrogen (secondary N) is 2. The second-order valence-corrected chi connectivity index (χ2v) is 5.42. The lowest BCUT2D eigenvalue weighted by Gasteiger charge is -2.07. The summed E-state index contributed by atoms with van der Waals surface area (Å²) < 4.78 is 9.95. The molecule has 0 saturated heterocycles. The van der Waals surface area contributed by atoms with Crippen LogP contribution in [0.25, 0.3) is 6.08 Å². The Kier molecular flexibility index (Phi) is 7.13. The van der Waals surface area contributed by atoms with Crippen LogP contribution in [0.3, 0.4) is 0 Å². The van der Waals surface area contributed by atoms with Crippen LogP contribution < -0.4 is 15.4 Å². The topological polar surface area (TPSA) is 93.7 Å². The molecule has 7 nitrogen and oxygen atoms in total. The molecule has 7 heteroatoms. The van der Waals surface area contributed by atoms with E-state index < -0.39 is 18.5 Å². The van der Waals surface area contributed by atoms with Gasteiger partial charge in [-0.2, -0.15) is 0 Å². The van der Waals surface area contributed by atoms with E-state index in [4.69, 9.17) is 9.47 Å². The van der Waals surface area contributed by atoms with Gasteiger partial charge >= 0.3 is 5.97 Å². The molecule has 0 radical (unpaired) electrons. The Hall–Kier alpha value is -3.61. The SMILES string of the molecule is CNC(=O)c1cccc(NC(=O)COC(=O)/C=C/c2ccc(OC)cc2)c1. The van der Waals surface area contributed by atoms with Gasteiger partial charge in [-0.05, 0) is 42.0 Å². The van der Waals surface area contributed by atoms with E-state index in [0.29, 0.717) is 17.0 Å². The van der Waals surface area contributed by atoms with Crippen molar-refractivity contribution in [3.05, 3.63) is 65.7 Å². The number of rotatable bonds is 7. The minimum atomic E-state index is -0.639. The van der Waals surface area contributed by atoms with Gasteiger partial charge in [0.05, 0.1) is 7.11 Å². The predicted molar refractivity (Wildman–Crippen MR) is 101 cm³/mol. The predicted octanol–water partition coefficient (Wildman–Crippen LogP) is 2.25. The Morgan fingerprint density at radius 1 is 1.07 bits per heavy atom. The first-order valence-corrected chi connectivity index (χ1v) is 8.12. The second kappa shape index (κ2) is 9.76. The van der Waals surface area contributed by atoms with Crippen molar-refractivity contribution < 1.29 is 23.9 Å². The highest BCUT2D eigenvalue weighted by Crippen LogP contribution is 2.12. The summed E-state index contributed by atoms with van der Waals surface area (Å²) in [6, 6.07) is 13.5. The average molecular weight is 368 g/mol. The molecule has 0 unspecified atom stereocenters. The van der Waals surface area contributed by atoms with E-state index in [1.165, 1.54) is 19.2 Å². The third-order valence-electron chi connectivity index (χ3n) is 3.51. The van der Waals surface area contributed by atoms with Crippen LogP contribution in [0, 0.1) is 0 Å². The van der Waals surface area contributed by atoms with Crippen molar-refractivity contribution >= 4 is 29.5 Å². The molecule has 0 bridgehead atoms. The highest BCUT2D eigenvalue weighted by atomic mass is 16.5. The van der Waals surface area contributed by atoms with E-state index in [0.717, 1.165) is 5.56 Å². The van der Waals surface area contributed by atoms with Crippen molar-refractivity contribution in [2.75, 3.05) is 26.1 Å². The number of amides is 2. The van der Waals surface area contributed by atoms with Gasteiger partial charge in [-0.15, -0.1) is 0 Å². The number of benzene rings is 2. The molecule has 0 aliphatic rings. The molecular formula is C20H20N2O5. The van der Waals surface area contributed by atoms with Crippen LogP contribution in [-0.4, -0.2) is 38.5 Å². The van der Waals surface area contributed by atoms with Crippen molar-refractivity contribution in [2.45, 2.75) is 0 Å². The lowest BCUT2D eigenvalue weighted by Crippen LogP contribution is -2.21. The molecule has 0 heterocycles. The largest absolute Gasteiger partial charge is 0.497 e. The number of carbonyl (C=O) groups excluding carboxylic acids is 3. The molecule has 2 N–H and O–H groups in total. The van der Waals surface area contributed by atoms with Gasteiger partial charge in [0.15, 0.2) is 6.61 Å². The van der Waals surface area contributed by atoms with Gasteiger partial charge in [-0.1, -0.05) is 18.2 Å². The number of anilines is 1. The number of methoxy groups -OCH3 is 1. The number of carbonyl (C=O) groups is 3. The van der Waals surface area contributed by atoms with Crippen LogP contribution in [0.4, 0.5) is 5.69 Å². The molecule has 2 amide bonds. The van der Waals surface area contributed by atoms with Crippen LogP contribution in [0.5, 0.6) is 5.75 Å². The van der Waals surface area contributed by atoms with Crippen molar-refractivity contribution in [3.63, 3.8) is 0 Å². The van der Waals surface area contributed by atoms with Crippen LogP contribution in [0.15, 0.2) is 54.6 Å². The third-order valence-corrected chi connectivity index (χ3v) is 3.51. The number of hydrogen-bond acceptors (Lipinski definition) is 5. The molecule has 140 valence electrons. The van der Waals surface area contributed by atoms with Gasteiger partial charge in [-0.25, -0.2) is 4.79 Å². The Morgan fingerprint density at radius 3 is 2.48 bits per heavy atom. The van der Waals surface area contributed by atoms with Crippen LogP contribution >= 0.6 is 0 Å². The standard InChI is InChI=1S/C20H20N2O5/c1-21-20(25)15-4-3-5-16(12-15)22-18(23)13-27-19(24)11-8-14-6-9-17(26-2)10-7-14/h3-12H,13H2,1-2H3,(H,21,25)(H,22,23)/b11-8+. The summed E-state index contributed by atoms with van der Waals surface area (Å²) in [6.45, 7) is -0.435. The van der Waals surface area contributed by atoms with Gasteiger partial charge in [0.1, 0.15) is 5.75 Å². The fourth-order valence-corrected chi connectivity index (χ4v) is 2.14. The van der Waals surface area contributed by atoms with Gasteiger partial charge in [0, 0.05) is 24.4 Å². The molecule has 0 aromatic heterocycles. The van der Waals surface area contributed by atoms with Crippen LogP contribution in [0.2, 0.25) is 0 Å². The van der Waals surface area contributed by atoms with Crippen LogP contribution in [0.1, 0.15) is 15.9 Å². The smallest absolute Gasteiger partial charge is 0.331 e. The van der Waals surface area contributed by atoms with E-state index >= 15 is 0 Å². The third kappa shape index (κ3) is 6.32. The van der Waals surface area contributed by atoms with Crippen molar-refractivity contribution in [1.29, 1.82) is 0 Å². The lowest BCUT2D eigenvalue weighted by atomic mass is 10.2. The van der Waals surface area contributed by atoms with Crippen molar-refractivity contribution in [1.82, 2.24) is 5.32 Å². The Labute approximate surface area is 157 Å². The summed E-state index contributed by atoms with van der Waals surface area (Å²) in [4.78, 5) is 35.2. The fourth-order valence-electron chi connectivity index (χ4n) is 2.14. The minimum Gasteiger partial charge on any atom is -0.497 e. The van der Waals surface area contributed by atoms with E-state index in [2.05, 4.69) is 10.6 Å². The zero-order valence-corrected chi connectivity index (χ0v) is 15.0. The first-order chi connectivity index (χ1) is 13.0. The summed E-state index contributed by atoms with van der Waals surface area (Å²) in [5.41, 5.74) is 1.64. The summed E-state index contributed by atoms with van der Waals surface area (Å²) in [5.74, 6) is -0.691. The number of esters is 1. The molecule has 2 rings (SSSR count). The Balaban J connectivity index is 1.83. The molecular weight excluding hydrogens is 348 g/mol. The maximum atomic E-state index is 11.9. The van der Waals surface area contributed by atoms with Gasteiger partial charge in [0.2, 0.25) is 0 Å². The zero-order chi connectivity index (χ0) is 19.6. The van der Waals surface area contributed by atoms with Crippen LogP contribution in [-0.2, 0) is 14.3 Å². The Morgan fingerprint density at radius 2 is 1.81 bits per heavy atom. The normalized spacial score (nSPS) is 10.3. The van der Waals surface area contributed by atoms with E-state index in [9.17, 15) is 14.4 Å². The fraction of sp³-hybridized carbons (Fsp3) is 0.150. The molecule has 2 aromatic rings. The minimum absolute atomic E-state index is 0.263. The average Bonchev–Trinajstić information content (AvgIpc) is 2.70. The molecule has 0 aliphatic carbocycles. The summed E-state index contributed by atoms with van der Waals surface area (Å²) in [6.07, 6.45) is 2.81. The molecule has 27 heavy (non-hydrogen) atoms. The highest BCUT2D eigenvalue weighted by Gasteiger charge is 2.08. The molecule has 0 atom stereocenters. The van der Waals surface area contributed by atoms with Crippen molar-refractivity contribution in [2.24, 2.45) is 0 Å². The first kappa shape index (κ1) is 19.7. The molecule has 0 spiro atoms. The number of ether oxygens (including phenoxy) is 2. The maximum Gasteiger partial charge on any atom is 0.331 e. The van der Waals surface area contributed by atoms with Gasteiger partial charge in [0.25, 0.3) is 11.8 Å². The quantitative estimate of drug-likeness (QED) is 0.577. The molecule has 0 saturated carbocycles. The van der Waals surface area contributed by atoms with E-state index in [-0.39, 0.29) is 5.91 Å². The summed E-state index contributed by atoms with van der Waals surface area (Å²) in [5, 5.41) is 5.07.